The molecule has 0 spiro atoms. The van der Waals surface area contributed by atoms with Crippen molar-refractivity contribution < 1.29 is 17.9 Å². The first kappa shape index (κ1) is 12.4. The maximum atomic E-state index is 11.1. The molecule has 0 radical (unpaired) electrons. The second-order valence-corrected chi connectivity index (χ2v) is 4.97. The molecular weight excluding hydrogens is 232 g/mol. The summed E-state index contributed by atoms with van der Waals surface area (Å²) in [5.41, 5.74) is 1.01. The Kier molecular flexibility index (Phi) is 3.83. The summed E-state index contributed by atoms with van der Waals surface area (Å²) >= 11 is 0. The fourth-order valence-corrected chi connectivity index (χ4v) is 1.60. The van der Waals surface area contributed by atoms with Crippen LogP contribution in [0.15, 0.2) is 12.3 Å². The van der Waals surface area contributed by atoms with Crippen molar-refractivity contribution in [2.24, 2.45) is 0 Å². The molecule has 1 heterocycles. The third kappa shape index (κ3) is 3.85. The first-order valence-electron chi connectivity index (χ1n) is 4.43. The molecule has 1 aromatic heterocycles. The van der Waals surface area contributed by atoms with Crippen LogP contribution in [0.2, 0.25) is 0 Å². The Hall–Kier alpha value is -1.63. The molecule has 0 aromatic carbocycles. The van der Waals surface area contributed by atoms with Crippen molar-refractivity contribution in [2.75, 3.05) is 17.6 Å². The van der Waals surface area contributed by atoms with Gasteiger partial charge in [-0.2, -0.15) is 0 Å². The highest BCUT2D eigenvalue weighted by molar-refractivity contribution is 7.92. The molecule has 0 aliphatic carbocycles. The minimum absolute atomic E-state index is 0.0862. The summed E-state index contributed by atoms with van der Waals surface area (Å²) in [5.74, 6) is 0.0862. The number of nitrogens with one attached hydrogen (secondary N) is 1. The zero-order valence-electron chi connectivity index (χ0n) is 8.93. The van der Waals surface area contributed by atoms with Crippen LogP contribution in [0.5, 0.6) is 5.88 Å². The largest absolute Gasteiger partial charge is 0.468 e. The van der Waals surface area contributed by atoms with Crippen LogP contribution in [0, 0.1) is 6.92 Å². The molecule has 0 saturated carbocycles. The van der Waals surface area contributed by atoms with Gasteiger partial charge in [-0.25, -0.2) is 13.4 Å². The third-order valence-corrected chi connectivity index (χ3v) is 2.16. The van der Waals surface area contributed by atoms with Gasteiger partial charge in [0.1, 0.15) is 12.3 Å². The van der Waals surface area contributed by atoms with Gasteiger partial charge >= 0.3 is 0 Å². The highest BCUT2D eigenvalue weighted by Crippen LogP contribution is 2.23. The molecule has 1 N–H and O–H groups in total. The van der Waals surface area contributed by atoms with Gasteiger partial charge in [-0.15, -0.1) is 0 Å². The van der Waals surface area contributed by atoms with Crippen molar-refractivity contribution >= 4 is 22.0 Å². The maximum Gasteiger partial charge on any atom is 0.238 e. The van der Waals surface area contributed by atoms with Crippen molar-refractivity contribution in [3.63, 3.8) is 0 Å². The fourth-order valence-electron chi connectivity index (χ4n) is 1.06. The van der Waals surface area contributed by atoms with Gasteiger partial charge in [-0.3, -0.25) is 9.52 Å². The lowest BCUT2D eigenvalue weighted by Crippen LogP contribution is -2.12. The van der Waals surface area contributed by atoms with Gasteiger partial charge in [0.05, 0.1) is 6.26 Å². The van der Waals surface area contributed by atoms with E-state index < -0.39 is 10.0 Å². The van der Waals surface area contributed by atoms with Crippen LogP contribution in [0.25, 0.3) is 0 Å². The van der Waals surface area contributed by atoms with Crippen LogP contribution in [-0.2, 0) is 14.8 Å². The topological polar surface area (TPSA) is 85.4 Å². The zero-order chi connectivity index (χ0) is 12.2. The third-order valence-electron chi connectivity index (χ3n) is 1.57. The molecule has 1 aromatic rings. The van der Waals surface area contributed by atoms with Crippen LogP contribution in [0.3, 0.4) is 0 Å². The normalized spacial score (nSPS) is 10.9. The van der Waals surface area contributed by atoms with Crippen LogP contribution in [0.1, 0.15) is 5.56 Å². The van der Waals surface area contributed by atoms with Crippen LogP contribution < -0.4 is 9.46 Å². The van der Waals surface area contributed by atoms with Gasteiger partial charge in [-0.05, 0) is 18.6 Å². The number of hydrogen-bond acceptors (Lipinski definition) is 5. The first-order valence-corrected chi connectivity index (χ1v) is 6.32. The number of rotatable bonds is 5. The summed E-state index contributed by atoms with van der Waals surface area (Å²) in [5, 5.41) is 0. The van der Waals surface area contributed by atoms with E-state index in [2.05, 4.69) is 9.71 Å². The van der Waals surface area contributed by atoms with Crippen LogP contribution in [0.4, 0.5) is 5.69 Å². The lowest BCUT2D eigenvalue weighted by atomic mass is 10.3. The number of pyridine rings is 1. The smallest absolute Gasteiger partial charge is 0.238 e. The van der Waals surface area contributed by atoms with Crippen molar-refractivity contribution in [3.05, 3.63) is 17.8 Å². The predicted octanol–water partition coefficient (Wildman–Crippen LogP) is 0.339. The molecule has 0 saturated heterocycles. The van der Waals surface area contributed by atoms with Gasteiger partial charge in [0, 0.05) is 6.20 Å². The Morgan fingerprint density at radius 1 is 1.56 bits per heavy atom. The van der Waals surface area contributed by atoms with E-state index in [9.17, 15) is 13.2 Å². The van der Waals surface area contributed by atoms with Gasteiger partial charge < -0.3 is 4.74 Å². The SMILES string of the molecule is Cc1cnc(OCC=O)c(NS(C)(=O)=O)c1. The standard InChI is InChI=1S/C9H12N2O4S/c1-7-5-8(11-16(2,13)14)9(10-6-7)15-4-3-12/h3,5-6,11H,4H2,1-2H3. The molecule has 88 valence electrons. The molecule has 0 aliphatic rings. The number of ether oxygens (including phenoxy) is 1. The number of hydrogen-bond donors (Lipinski definition) is 1. The molecule has 16 heavy (non-hydrogen) atoms. The molecule has 6 nitrogen and oxygen atoms in total. The summed E-state index contributed by atoms with van der Waals surface area (Å²) in [4.78, 5) is 14.0. The Labute approximate surface area is 93.7 Å². The number of aryl methyl sites for hydroxylation is 1. The zero-order valence-corrected chi connectivity index (χ0v) is 9.74. The molecule has 0 atom stereocenters. The lowest BCUT2D eigenvalue weighted by molar-refractivity contribution is -0.109. The van der Waals surface area contributed by atoms with E-state index in [0.29, 0.717) is 6.29 Å². The van der Waals surface area contributed by atoms with Gasteiger partial charge in [0.2, 0.25) is 15.9 Å². The summed E-state index contributed by atoms with van der Waals surface area (Å²) < 4.78 is 29.4. The molecule has 0 bridgehead atoms. The van der Waals surface area contributed by atoms with E-state index in [1.54, 1.807) is 13.0 Å². The molecule has 7 heteroatoms. The van der Waals surface area contributed by atoms with E-state index >= 15 is 0 Å². The van der Waals surface area contributed by atoms with Crippen molar-refractivity contribution in [1.82, 2.24) is 4.98 Å². The van der Waals surface area contributed by atoms with E-state index in [4.69, 9.17) is 4.74 Å². The maximum absolute atomic E-state index is 11.1. The first-order chi connectivity index (χ1) is 7.42. The summed E-state index contributed by atoms with van der Waals surface area (Å²) in [7, 11) is -3.40. The predicted molar refractivity (Wildman–Crippen MR) is 59.0 cm³/mol. The minimum atomic E-state index is -3.40. The van der Waals surface area contributed by atoms with Gasteiger partial charge in [-0.1, -0.05) is 0 Å². The fraction of sp³-hybridized carbons (Fsp3) is 0.333. The number of sulfonamides is 1. The van der Waals surface area contributed by atoms with E-state index in [0.717, 1.165) is 11.8 Å². The van der Waals surface area contributed by atoms with Gasteiger partial charge in [0.25, 0.3) is 0 Å². The average Bonchev–Trinajstić information content (AvgIpc) is 2.14. The van der Waals surface area contributed by atoms with E-state index in [1.165, 1.54) is 6.20 Å². The number of aldehydes is 1. The molecule has 0 aliphatic heterocycles. The number of aromatic nitrogens is 1. The highest BCUT2D eigenvalue weighted by atomic mass is 32.2. The second-order valence-electron chi connectivity index (χ2n) is 3.22. The summed E-state index contributed by atoms with van der Waals surface area (Å²) in [6.07, 6.45) is 3.11. The average molecular weight is 244 g/mol. The monoisotopic (exact) mass is 244 g/mol. The van der Waals surface area contributed by atoms with Crippen molar-refractivity contribution in [3.8, 4) is 5.88 Å². The molecule has 0 fully saturated rings. The van der Waals surface area contributed by atoms with E-state index in [-0.39, 0.29) is 18.2 Å². The number of anilines is 1. The van der Waals surface area contributed by atoms with E-state index in [1.807, 2.05) is 0 Å². The van der Waals surface area contributed by atoms with Crippen LogP contribution >= 0.6 is 0 Å². The molecule has 0 amide bonds. The second kappa shape index (κ2) is 4.93. The number of carbonyl (C=O) groups is 1. The Bertz CT molecular complexity index is 484. The molecular formula is C9H12N2O4S. The van der Waals surface area contributed by atoms with Crippen molar-refractivity contribution in [2.45, 2.75) is 6.92 Å². The minimum Gasteiger partial charge on any atom is -0.468 e. The highest BCUT2D eigenvalue weighted by Gasteiger charge is 2.10. The molecule has 1 rings (SSSR count). The Morgan fingerprint density at radius 3 is 2.81 bits per heavy atom. The number of carbonyl (C=O) groups excluding carboxylic acids is 1. The quantitative estimate of drug-likeness (QED) is 0.755. The molecule has 0 unspecified atom stereocenters. The summed E-state index contributed by atoms with van der Waals surface area (Å²) in [6.45, 7) is 1.60. The Balaban J connectivity index is 3.02. The van der Waals surface area contributed by atoms with Crippen molar-refractivity contribution in [1.29, 1.82) is 0 Å². The summed E-state index contributed by atoms with van der Waals surface area (Å²) in [6, 6.07) is 1.58. The van der Waals surface area contributed by atoms with Crippen LogP contribution in [-0.4, -0.2) is 32.6 Å². The van der Waals surface area contributed by atoms with Gasteiger partial charge in [0.15, 0.2) is 6.29 Å². The number of nitrogens with zero attached hydrogens (tertiary/aromatic N) is 1. The Morgan fingerprint density at radius 2 is 2.25 bits per heavy atom. The lowest BCUT2D eigenvalue weighted by Gasteiger charge is -2.09.